The number of nitrogens with zero attached hydrogens (tertiary/aromatic N) is 5. The van der Waals surface area contributed by atoms with Gasteiger partial charge in [0.15, 0.2) is 5.82 Å². The lowest BCUT2D eigenvalue weighted by Gasteiger charge is -2.35. The molecular weight excluding hydrogens is 572 g/mol. The average Bonchev–Trinajstić information content (AvgIpc) is 3.53. The lowest BCUT2D eigenvalue weighted by Crippen LogP contribution is -2.48. The van der Waals surface area contributed by atoms with Crippen molar-refractivity contribution >= 4 is 52.5 Å². The van der Waals surface area contributed by atoms with Crippen molar-refractivity contribution in [1.29, 1.82) is 5.41 Å². The number of rotatable bonds is 8. The van der Waals surface area contributed by atoms with Gasteiger partial charge in [-0.3, -0.25) is 15.0 Å². The van der Waals surface area contributed by atoms with Crippen molar-refractivity contribution in [1.82, 2.24) is 20.0 Å². The normalized spacial score (nSPS) is 12.9. The van der Waals surface area contributed by atoms with Crippen LogP contribution in [-0.2, 0) is 15.0 Å². The van der Waals surface area contributed by atoms with Crippen LogP contribution >= 0.6 is 0 Å². The molecule has 1 aliphatic rings. The first kappa shape index (κ1) is 32.5. The molecule has 13 nitrogen and oxygen atoms in total. The van der Waals surface area contributed by atoms with Crippen molar-refractivity contribution in [2.75, 3.05) is 59.8 Å². The highest BCUT2D eigenvalue weighted by Gasteiger charge is 2.21. The smallest absolute Gasteiger partial charge is 0.219 e. The van der Waals surface area contributed by atoms with E-state index in [2.05, 4.69) is 56.7 Å². The van der Waals surface area contributed by atoms with E-state index >= 15 is 0 Å². The van der Waals surface area contributed by atoms with Crippen LogP contribution in [0.25, 0.3) is 0 Å². The van der Waals surface area contributed by atoms with Gasteiger partial charge in [0.05, 0.1) is 11.3 Å². The molecule has 236 valence electrons. The number of nitrogen functional groups attached to an aromatic ring is 1. The third-order valence-corrected chi connectivity index (χ3v) is 7.25. The van der Waals surface area contributed by atoms with E-state index in [1.165, 1.54) is 6.33 Å². The van der Waals surface area contributed by atoms with Crippen LogP contribution in [0.5, 0.6) is 0 Å². The minimum Gasteiger partial charge on any atom is -0.383 e. The summed E-state index contributed by atoms with van der Waals surface area (Å²) in [6.07, 6.45) is 1.96. The number of nitrogens with one attached hydrogen (secondary N) is 4. The Morgan fingerprint density at radius 1 is 1.00 bits per heavy atom. The highest BCUT2D eigenvalue weighted by atomic mass is 16.5. The minimum absolute atomic E-state index is 0.0437. The summed E-state index contributed by atoms with van der Waals surface area (Å²) < 4.78 is 5.11. The van der Waals surface area contributed by atoms with Gasteiger partial charge >= 0.3 is 0 Å². The third kappa shape index (κ3) is 8.34. The molecular formula is C32H40N10O3. The fraction of sp³-hybridized carbons (Fsp3) is 0.312. The number of carbonyl (C=O) groups is 2. The number of amides is 2. The number of benzene rings is 2. The van der Waals surface area contributed by atoms with Gasteiger partial charge < -0.3 is 36.0 Å². The fourth-order valence-corrected chi connectivity index (χ4v) is 4.60. The van der Waals surface area contributed by atoms with Crippen molar-refractivity contribution in [3.05, 3.63) is 77.8 Å². The molecule has 13 heteroatoms. The Hall–Kier alpha value is -5.46. The summed E-state index contributed by atoms with van der Waals surface area (Å²) in [5, 5.41) is 21.3. The van der Waals surface area contributed by atoms with Crippen molar-refractivity contribution in [2.24, 2.45) is 0 Å². The Labute approximate surface area is 262 Å². The monoisotopic (exact) mass is 612 g/mol. The van der Waals surface area contributed by atoms with Crippen LogP contribution in [-0.4, -0.2) is 71.3 Å². The van der Waals surface area contributed by atoms with Crippen LogP contribution in [0, 0.1) is 5.41 Å². The van der Waals surface area contributed by atoms with Gasteiger partial charge in [-0.25, -0.2) is 9.97 Å². The van der Waals surface area contributed by atoms with Gasteiger partial charge in [-0.15, -0.1) is 0 Å². The summed E-state index contributed by atoms with van der Waals surface area (Å²) in [5.41, 5.74) is 9.90. The van der Waals surface area contributed by atoms with Crippen molar-refractivity contribution in [3.63, 3.8) is 0 Å². The molecule has 1 saturated heterocycles. The van der Waals surface area contributed by atoms with E-state index in [9.17, 15) is 9.59 Å². The van der Waals surface area contributed by atoms with Crippen LogP contribution in [0.3, 0.4) is 0 Å². The molecule has 0 saturated carbocycles. The van der Waals surface area contributed by atoms with E-state index < -0.39 is 0 Å². The molecule has 0 radical (unpaired) electrons. The molecule has 0 bridgehead atoms. The average molecular weight is 613 g/mol. The first-order valence-corrected chi connectivity index (χ1v) is 14.5. The Balaban J connectivity index is 0.000000354. The van der Waals surface area contributed by atoms with E-state index in [4.69, 9.17) is 15.7 Å². The van der Waals surface area contributed by atoms with Gasteiger partial charge in [-0.05, 0) is 36.4 Å². The number of hydrogen-bond acceptors (Lipinski definition) is 11. The zero-order valence-electron chi connectivity index (χ0n) is 26.2. The summed E-state index contributed by atoms with van der Waals surface area (Å²) in [7, 11) is 1.82. The Kier molecular flexibility index (Phi) is 10.3. The maximum absolute atomic E-state index is 11.6. The second-order valence-corrected chi connectivity index (χ2v) is 11.4. The molecule has 5 rings (SSSR count). The maximum Gasteiger partial charge on any atom is 0.219 e. The van der Waals surface area contributed by atoms with Crippen LogP contribution in [0.1, 0.15) is 44.6 Å². The standard InChI is InChI=1S/C24H26N8O2.C8H14N2O/c1-16(34)31-10-12-32(13-11-31)20-8-2-17(3-9-20)22(25)21-23(26)27-14-28-24(21)30-19-6-4-18(5-7-19)29-15-33;1-8(2,3)6-5-7(9-4)10-11-6/h2-9,14-15,25H,10-13H2,1H3,(H,29,33)(H3,26,27,28,30);5H,1-4H3,(H,9,10). The Bertz CT molecular complexity index is 1600. The van der Waals surface area contributed by atoms with E-state index in [0.29, 0.717) is 42.1 Å². The molecule has 45 heavy (non-hydrogen) atoms. The number of anilines is 6. The van der Waals surface area contributed by atoms with E-state index in [1.807, 2.05) is 42.3 Å². The molecule has 3 heterocycles. The van der Waals surface area contributed by atoms with Crippen LogP contribution in [0.4, 0.5) is 34.5 Å². The quantitative estimate of drug-likeness (QED) is 0.141. The number of piperazine rings is 1. The van der Waals surface area contributed by atoms with E-state index in [0.717, 1.165) is 36.0 Å². The first-order chi connectivity index (χ1) is 21.5. The fourth-order valence-electron chi connectivity index (χ4n) is 4.60. The predicted octanol–water partition coefficient (Wildman–Crippen LogP) is 4.47. The molecule has 0 unspecified atom stereocenters. The molecule has 2 aromatic heterocycles. The van der Waals surface area contributed by atoms with Gasteiger partial charge in [-0.2, -0.15) is 0 Å². The van der Waals surface area contributed by atoms with Gasteiger partial charge in [0.1, 0.15) is 23.7 Å². The van der Waals surface area contributed by atoms with Gasteiger partial charge in [0.25, 0.3) is 0 Å². The van der Waals surface area contributed by atoms with Crippen LogP contribution in [0.15, 0.2) is 65.4 Å². The second-order valence-electron chi connectivity index (χ2n) is 11.4. The maximum atomic E-state index is 11.6. The van der Waals surface area contributed by atoms with E-state index in [-0.39, 0.29) is 22.9 Å². The topological polar surface area (TPSA) is 178 Å². The highest BCUT2D eigenvalue weighted by molar-refractivity contribution is 6.16. The summed E-state index contributed by atoms with van der Waals surface area (Å²) in [5.74, 6) is 2.41. The first-order valence-electron chi connectivity index (χ1n) is 14.5. The van der Waals surface area contributed by atoms with E-state index in [1.54, 1.807) is 31.2 Å². The molecule has 2 amide bonds. The Morgan fingerprint density at radius 2 is 1.64 bits per heavy atom. The number of carbonyl (C=O) groups excluding carboxylic acids is 2. The van der Waals surface area contributed by atoms with Gasteiger partial charge in [0, 0.05) is 74.3 Å². The lowest BCUT2D eigenvalue weighted by atomic mass is 9.93. The summed E-state index contributed by atoms with van der Waals surface area (Å²) in [4.78, 5) is 34.6. The number of hydrogen-bond donors (Lipinski definition) is 5. The molecule has 0 spiro atoms. The molecule has 0 atom stereocenters. The van der Waals surface area contributed by atoms with Crippen molar-refractivity contribution in [2.45, 2.75) is 33.1 Å². The zero-order valence-corrected chi connectivity index (χ0v) is 26.2. The van der Waals surface area contributed by atoms with Gasteiger partial charge in [0.2, 0.25) is 12.3 Å². The van der Waals surface area contributed by atoms with Crippen LogP contribution < -0.4 is 26.6 Å². The third-order valence-electron chi connectivity index (χ3n) is 7.25. The van der Waals surface area contributed by atoms with Crippen molar-refractivity contribution < 1.29 is 14.1 Å². The van der Waals surface area contributed by atoms with Crippen molar-refractivity contribution in [3.8, 4) is 0 Å². The minimum atomic E-state index is 0.0437. The second kappa shape index (κ2) is 14.3. The predicted molar refractivity (Wildman–Crippen MR) is 177 cm³/mol. The highest BCUT2D eigenvalue weighted by Crippen LogP contribution is 2.27. The molecule has 2 aromatic carbocycles. The largest absolute Gasteiger partial charge is 0.383 e. The molecule has 6 N–H and O–H groups in total. The number of aromatic nitrogens is 3. The molecule has 0 aliphatic carbocycles. The summed E-state index contributed by atoms with van der Waals surface area (Å²) in [6.45, 7) is 10.8. The molecule has 4 aromatic rings. The zero-order chi connectivity index (χ0) is 32.6. The lowest BCUT2D eigenvalue weighted by molar-refractivity contribution is -0.129. The summed E-state index contributed by atoms with van der Waals surface area (Å²) >= 11 is 0. The van der Waals surface area contributed by atoms with Crippen LogP contribution in [0.2, 0.25) is 0 Å². The molecule has 1 fully saturated rings. The summed E-state index contributed by atoms with van der Waals surface area (Å²) in [6, 6.07) is 16.7. The number of nitrogens with two attached hydrogens (primary N) is 1. The Morgan fingerprint density at radius 3 is 2.18 bits per heavy atom. The SMILES string of the molecule is CC(=O)N1CCN(c2ccc(C(=N)c3c(N)ncnc3Nc3ccc(NC=O)cc3)cc2)CC1.CNc1cc(C(C)(C)C)on1. The van der Waals surface area contributed by atoms with Gasteiger partial charge in [-0.1, -0.05) is 38.1 Å². The molecule has 1 aliphatic heterocycles.